The van der Waals surface area contributed by atoms with Gasteiger partial charge in [-0.2, -0.15) is 4.98 Å². The maximum absolute atomic E-state index is 13.5. The average Bonchev–Trinajstić information content (AvgIpc) is 2.95. The Labute approximate surface area is 225 Å². The molecule has 0 saturated heterocycles. The van der Waals surface area contributed by atoms with E-state index in [-0.39, 0.29) is 11.8 Å². The molecule has 0 spiro atoms. The van der Waals surface area contributed by atoms with E-state index in [0.717, 1.165) is 72.9 Å². The summed E-state index contributed by atoms with van der Waals surface area (Å²) in [7, 11) is 4.13. The number of para-hydroxylation sites is 2. The lowest BCUT2D eigenvalue weighted by Gasteiger charge is -2.31. The van der Waals surface area contributed by atoms with Gasteiger partial charge in [-0.15, -0.1) is 0 Å². The summed E-state index contributed by atoms with van der Waals surface area (Å²) in [5, 5.41) is 6.91. The van der Waals surface area contributed by atoms with Crippen molar-refractivity contribution in [3.8, 4) is 11.5 Å². The molecule has 2 aromatic carbocycles. The fourth-order valence-corrected chi connectivity index (χ4v) is 6.24. The van der Waals surface area contributed by atoms with Crippen LogP contribution in [0.15, 0.2) is 48.5 Å². The van der Waals surface area contributed by atoms with E-state index in [1.165, 1.54) is 24.1 Å². The quantitative estimate of drug-likeness (QED) is 0.458. The molecule has 1 fully saturated rings. The summed E-state index contributed by atoms with van der Waals surface area (Å²) < 4.78 is 6.06. The molecule has 3 aliphatic rings. The molecule has 1 saturated carbocycles. The van der Waals surface area contributed by atoms with Gasteiger partial charge in [0, 0.05) is 43.4 Å². The number of benzene rings is 2. The molecule has 7 heteroatoms. The molecule has 0 unspecified atom stereocenters. The number of carbonyl (C=O) groups excluding carboxylic acids is 1. The Hall–Kier alpha value is -3.61. The zero-order chi connectivity index (χ0) is 26.1. The van der Waals surface area contributed by atoms with Gasteiger partial charge < -0.3 is 20.3 Å². The first-order chi connectivity index (χ1) is 18.6. The molecule has 2 N–H and O–H groups in total. The second kappa shape index (κ2) is 10.6. The second-order valence-electron chi connectivity index (χ2n) is 11.1. The standard InChI is InChI=1S/C31H37N5O2/c1-36(2)29-22-9-3-6-12-25(22)34-31(35-29)33-21-17-15-20(16-18-21)19-32-30(37)28-23-10-4-7-13-26(23)38-27-14-8-5-11-24(27)28/h4-5,7-8,10-11,13-14,20-21,28H,3,6,9,12,15-19H2,1-2H3,(H,32,37)(H,33,34,35). The number of ether oxygens (including phenoxy) is 1. The van der Waals surface area contributed by atoms with E-state index < -0.39 is 0 Å². The zero-order valence-corrected chi connectivity index (χ0v) is 22.4. The predicted molar refractivity (Wildman–Crippen MR) is 150 cm³/mol. The second-order valence-corrected chi connectivity index (χ2v) is 11.1. The molecule has 2 aliphatic carbocycles. The summed E-state index contributed by atoms with van der Waals surface area (Å²) in [6.45, 7) is 0.702. The fraction of sp³-hybridized carbons (Fsp3) is 0.452. The van der Waals surface area contributed by atoms with E-state index >= 15 is 0 Å². The SMILES string of the molecule is CN(C)c1nc(NC2CCC(CNC(=O)C3c4ccccc4Oc4ccccc43)CC2)nc2c1CCCC2. The lowest BCUT2D eigenvalue weighted by molar-refractivity contribution is -0.122. The van der Waals surface area contributed by atoms with Crippen molar-refractivity contribution >= 4 is 17.7 Å². The Morgan fingerprint density at radius 3 is 2.26 bits per heavy atom. The summed E-state index contributed by atoms with van der Waals surface area (Å²) in [6, 6.07) is 16.1. The summed E-state index contributed by atoms with van der Waals surface area (Å²) in [5.41, 5.74) is 4.39. The van der Waals surface area contributed by atoms with Crippen molar-refractivity contribution in [2.75, 3.05) is 30.9 Å². The first kappa shape index (κ1) is 24.7. The molecule has 3 aromatic rings. The number of fused-ring (bicyclic) bond motifs is 3. The van der Waals surface area contributed by atoms with Crippen LogP contribution >= 0.6 is 0 Å². The van der Waals surface area contributed by atoms with Crippen molar-refractivity contribution in [1.82, 2.24) is 15.3 Å². The molecule has 1 aliphatic heterocycles. The van der Waals surface area contributed by atoms with E-state index in [0.29, 0.717) is 18.5 Å². The normalized spacial score (nSPS) is 20.4. The first-order valence-corrected chi connectivity index (χ1v) is 14.0. The maximum Gasteiger partial charge on any atom is 0.232 e. The van der Waals surface area contributed by atoms with Crippen LogP contribution in [0.1, 0.15) is 66.8 Å². The monoisotopic (exact) mass is 511 g/mol. The third-order valence-electron chi connectivity index (χ3n) is 8.27. The number of nitrogens with one attached hydrogen (secondary N) is 2. The molecule has 7 nitrogen and oxygen atoms in total. The van der Waals surface area contributed by atoms with Gasteiger partial charge in [0.05, 0.1) is 11.6 Å². The van der Waals surface area contributed by atoms with Crippen LogP contribution in [0.5, 0.6) is 11.5 Å². The van der Waals surface area contributed by atoms with Crippen molar-refractivity contribution in [3.63, 3.8) is 0 Å². The van der Waals surface area contributed by atoms with Crippen LogP contribution in [0.25, 0.3) is 0 Å². The smallest absolute Gasteiger partial charge is 0.232 e. The van der Waals surface area contributed by atoms with Gasteiger partial charge in [-0.1, -0.05) is 36.4 Å². The van der Waals surface area contributed by atoms with Gasteiger partial charge in [0.25, 0.3) is 0 Å². The number of aryl methyl sites for hydroxylation is 1. The summed E-state index contributed by atoms with van der Waals surface area (Å²) in [6.07, 6.45) is 8.81. The highest BCUT2D eigenvalue weighted by Gasteiger charge is 2.33. The van der Waals surface area contributed by atoms with E-state index in [1.807, 2.05) is 48.5 Å². The Bertz CT molecular complexity index is 1270. The third kappa shape index (κ3) is 4.94. The lowest BCUT2D eigenvalue weighted by atomic mass is 9.85. The van der Waals surface area contributed by atoms with Gasteiger partial charge in [-0.25, -0.2) is 4.98 Å². The van der Waals surface area contributed by atoms with Gasteiger partial charge in [-0.05, 0) is 69.4 Å². The minimum atomic E-state index is -0.346. The number of nitrogens with zero attached hydrogens (tertiary/aromatic N) is 3. The molecule has 0 atom stereocenters. The summed E-state index contributed by atoms with van der Waals surface area (Å²) in [5.74, 6) is 3.53. The molecule has 0 radical (unpaired) electrons. The minimum absolute atomic E-state index is 0.0483. The number of rotatable bonds is 6. The van der Waals surface area contributed by atoms with Crippen LogP contribution in [0.3, 0.4) is 0 Å². The average molecular weight is 512 g/mol. The molecule has 0 bridgehead atoms. The van der Waals surface area contributed by atoms with Crippen LogP contribution in [0.4, 0.5) is 11.8 Å². The van der Waals surface area contributed by atoms with Gasteiger partial charge in [-0.3, -0.25) is 4.79 Å². The Balaban J connectivity index is 1.06. The molecular formula is C31H37N5O2. The highest BCUT2D eigenvalue weighted by atomic mass is 16.5. The van der Waals surface area contributed by atoms with Gasteiger partial charge >= 0.3 is 0 Å². The van der Waals surface area contributed by atoms with Crippen LogP contribution in [0.2, 0.25) is 0 Å². The summed E-state index contributed by atoms with van der Waals surface area (Å²) in [4.78, 5) is 25.4. The Kier molecular flexibility index (Phi) is 6.92. The maximum atomic E-state index is 13.5. The number of anilines is 2. The van der Waals surface area contributed by atoms with E-state index in [1.54, 1.807) is 0 Å². The first-order valence-electron chi connectivity index (χ1n) is 14.0. The van der Waals surface area contributed by atoms with Crippen molar-refractivity contribution in [2.24, 2.45) is 5.92 Å². The summed E-state index contributed by atoms with van der Waals surface area (Å²) >= 11 is 0. The van der Waals surface area contributed by atoms with Crippen LogP contribution in [-0.4, -0.2) is 42.6 Å². The van der Waals surface area contributed by atoms with Crippen LogP contribution in [-0.2, 0) is 17.6 Å². The van der Waals surface area contributed by atoms with E-state index in [4.69, 9.17) is 14.7 Å². The minimum Gasteiger partial charge on any atom is -0.457 e. The van der Waals surface area contributed by atoms with Crippen molar-refractivity contribution < 1.29 is 9.53 Å². The largest absolute Gasteiger partial charge is 0.457 e. The number of aromatic nitrogens is 2. The Morgan fingerprint density at radius 2 is 1.58 bits per heavy atom. The van der Waals surface area contributed by atoms with E-state index in [2.05, 4.69) is 29.6 Å². The topological polar surface area (TPSA) is 79.4 Å². The van der Waals surface area contributed by atoms with Crippen molar-refractivity contribution in [2.45, 2.75) is 63.3 Å². The highest BCUT2D eigenvalue weighted by Crippen LogP contribution is 2.44. The zero-order valence-electron chi connectivity index (χ0n) is 22.4. The number of carbonyl (C=O) groups is 1. The van der Waals surface area contributed by atoms with Crippen LogP contribution in [0, 0.1) is 5.92 Å². The van der Waals surface area contributed by atoms with Crippen LogP contribution < -0.4 is 20.3 Å². The molecule has 198 valence electrons. The molecule has 1 amide bonds. The highest BCUT2D eigenvalue weighted by molar-refractivity contribution is 5.89. The predicted octanol–water partition coefficient (Wildman–Crippen LogP) is 5.45. The van der Waals surface area contributed by atoms with Gasteiger partial charge in [0.15, 0.2) is 0 Å². The molecule has 38 heavy (non-hydrogen) atoms. The fourth-order valence-electron chi connectivity index (χ4n) is 6.24. The lowest BCUT2D eigenvalue weighted by Crippen LogP contribution is -2.37. The third-order valence-corrected chi connectivity index (χ3v) is 8.27. The molecular weight excluding hydrogens is 474 g/mol. The van der Waals surface area contributed by atoms with Gasteiger partial charge in [0.1, 0.15) is 17.3 Å². The van der Waals surface area contributed by atoms with Crippen molar-refractivity contribution in [1.29, 1.82) is 0 Å². The molecule has 6 rings (SSSR count). The molecule has 1 aromatic heterocycles. The molecule has 2 heterocycles. The van der Waals surface area contributed by atoms with Crippen molar-refractivity contribution in [3.05, 3.63) is 70.9 Å². The number of hydrogen-bond acceptors (Lipinski definition) is 6. The Morgan fingerprint density at radius 1 is 0.921 bits per heavy atom. The van der Waals surface area contributed by atoms with Gasteiger partial charge in [0.2, 0.25) is 11.9 Å². The number of amides is 1. The number of hydrogen-bond donors (Lipinski definition) is 2. The van der Waals surface area contributed by atoms with E-state index in [9.17, 15) is 4.79 Å².